The minimum Gasteiger partial charge on any atom is -0.333 e. The number of benzene rings is 1. The number of imidazole rings is 1. The smallest absolute Gasteiger partial charge is 0.0948 e. The molecule has 2 rings (SSSR count). The van der Waals surface area contributed by atoms with E-state index in [2.05, 4.69) is 53.0 Å². The van der Waals surface area contributed by atoms with Crippen LogP contribution in [0.5, 0.6) is 0 Å². The Kier molecular flexibility index (Phi) is 5.16. The average Bonchev–Trinajstić information content (AvgIpc) is 2.83. The van der Waals surface area contributed by atoms with Gasteiger partial charge in [-0.3, -0.25) is 0 Å². The lowest BCUT2D eigenvalue weighted by molar-refractivity contribution is 0.601. The lowest BCUT2D eigenvalue weighted by Crippen LogP contribution is -2.18. The van der Waals surface area contributed by atoms with Crippen LogP contribution in [0.25, 0.3) is 0 Å². The van der Waals surface area contributed by atoms with E-state index in [1.54, 1.807) is 0 Å². The number of nitrogens with zero attached hydrogens (tertiary/aromatic N) is 2. The number of hydrogen-bond donors (Lipinski definition) is 1. The molecule has 3 nitrogen and oxygen atoms in total. The molecular formula is C16H23N3. The molecule has 0 atom stereocenters. The summed E-state index contributed by atoms with van der Waals surface area (Å²) in [5.74, 6) is 0. The Bertz CT molecular complexity index is 502. The predicted molar refractivity (Wildman–Crippen MR) is 79.1 cm³/mol. The molecule has 0 fully saturated rings. The molecule has 3 heteroatoms. The topological polar surface area (TPSA) is 29.9 Å². The van der Waals surface area contributed by atoms with Crippen molar-refractivity contribution in [1.82, 2.24) is 14.9 Å². The molecule has 0 aliphatic heterocycles. The lowest BCUT2D eigenvalue weighted by atomic mass is 10.1. The van der Waals surface area contributed by atoms with Gasteiger partial charge in [0.05, 0.1) is 12.0 Å². The van der Waals surface area contributed by atoms with Gasteiger partial charge in [-0.05, 0) is 31.9 Å². The molecule has 0 unspecified atom stereocenters. The van der Waals surface area contributed by atoms with Gasteiger partial charge < -0.3 is 9.88 Å². The van der Waals surface area contributed by atoms with Crippen molar-refractivity contribution in [3.63, 3.8) is 0 Å². The predicted octanol–water partition coefficient (Wildman–Crippen LogP) is 2.93. The van der Waals surface area contributed by atoms with Crippen LogP contribution >= 0.6 is 0 Å². The third-order valence-electron chi connectivity index (χ3n) is 3.24. The first-order valence-corrected chi connectivity index (χ1v) is 7.05. The fraction of sp³-hybridized carbons (Fsp3) is 0.438. The first-order chi connectivity index (χ1) is 9.29. The van der Waals surface area contributed by atoms with Crippen LogP contribution in [0.2, 0.25) is 0 Å². The first-order valence-electron chi connectivity index (χ1n) is 7.05. The van der Waals surface area contributed by atoms with Gasteiger partial charge in [0, 0.05) is 19.3 Å². The van der Waals surface area contributed by atoms with Crippen LogP contribution in [0.4, 0.5) is 0 Å². The number of nitrogens with one attached hydrogen (secondary N) is 1. The molecule has 102 valence electrons. The second kappa shape index (κ2) is 7.10. The van der Waals surface area contributed by atoms with E-state index >= 15 is 0 Å². The zero-order valence-corrected chi connectivity index (χ0v) is 11.9. The molecule has 1 heterocycles. The second-order valence-electron chi connectivity index (χ2n) is 4.99. The number of hydrogen-bond acceptors (Lipinski definition) is 2. The highest BCUT2D eigenvalue weighted by atomic mass is 15.1. The summed E-state index contributed by atoms with van der Waals surface area (Å²) >= 11 is 0. The maximum absolute atomic E-state index is 4.21. The van der Waals surface area contributed by atoms with Crippen molar-refractivity contribution in [2.45, 2.75) is 39.8 Å². The van der Waals surface area contributed by atoms with E-state index in [1.807, 2.05) is 12.5 Å². The van der Waals surface area contributed by atoms with Gasteiger partial charge in [0.2, 0.25) is 0 Å². The Morgan fingerprint density at radius 1 is 1.32 bits per heavy atom. The highest BCUT2D eigenvalue weighted by molar-refractivity contribution is 5.22. The number of aromatic nitrogens is 2. The van der Waals surface area contributed by atoms with Crippen molar-refractivity contribution < 1.29 is 0 Å². The summed E-state index contributed by atoms with van der Waals surface area (Å²) < 4.78 is 2.22. The lowest BCUT2D eigenvalue weighted by Gasteiger charge is -2.08. The van der Waals surface area contributed by atoms with E-state index < -0.39 is 0 Å². The summed E-state index contributed by atoms with van der Waals surface area (Å²) in [4.78, 5) is 4.21. The summed E-state index contributed by atoms with van der Waals surface area (Å²) in [6.07, 6.45) is 6.09. The Hall–Kier alpha value is -1.61. The first kappa shape index (κ1) is 13.8. The van der Waals surface area contributed by atoms with Gasteiger partial charge in [0.15, 0.2) is 0 Å². The minimum atomic E-state index is 0.895. The van der Waals surface area contributed by atoms with Crippen molar-refractivity contribution in [2.75, 3.05) is 6.54 Å². The van der Waals surface area contributed by atoms with Crippen molar-refractivity contribution in [3.8, 4) is 0 Å². The molecule has 0 aliphatic carbocycles. The molecule has 0 spiro atoms. The molecule has 19 heavy (non-hydrogen) atoms. The molecule has 0 radical (unpaired) electrons. The van der Waals surface area contributed by atoms with E-state index in [1.165, 1.54) is 16.8 Å². The summed E-state index contributed by atoms with van der Waals surface area (Å²) in [7, 11) is 0. The van der Waals surface area contributed by atoms with Gasteiger partial charge in [-0.1, -0.05) is 36.8 Å². The van der Waals surface area contributed by atoms with E-state index in [-0.39, 0.29) is 0 Å². The molecule has 1 aromatic heterocycles. The van der Waals surface area contributed by atoms with Crippen LogP contribution < -0.4 is 5.32 Å². The summed E-state index contributed by atoms with van der Waals surface area (Å²) in [6.45, 7) is 7.27. The van der Waals surface area contributed by atoms with E-state index in [4.69, 9.17) is 0 Å². The van der Waals surface area contributed by atoms with E-state index in [0.29, 0.717) is 0 Å². The van der Waals surface area contributed by atoms with Gasteiger partial charge >= 0.3 is 0 Å². The van der Waals surface area contributed by atoms with Crippen LogP contribution in [-0.4, -0.2) is 16.1 Å². The normalized spacial score (nSPS) is 10.8. The highest BCUT2D eigenvalue weighted by Gasteiger charge is 2.00. The molecule has 2 aromatic rings. The molecular weight excluding hydrogens is 234 g/mol. The molecule has 1 N–H and O–H groups in total. The van der Waals surface area contributed by atoms with E-state index in [0.717, 1.165) is 32.5 Å². The van der Waals surface area contributed by atoms with Gasteiger partial charge in [0.1, 0.15) is 0 Å². The van der Waals surface area contributed by atoms with Gasteiger partial charge in [-0.2, -0.15) is 0 Å². The number of aryl methyl sites for hydroxylation is 2. The Morgan fingerprint density at radius 2 is 2.21 bits per heavy atom. The van der Waals surface area contributed by atoms with Crippen LogP contribution in [0.1, 0.15) is 30.2 Å². The SMILES string of the molecule is CCCn1cncc1CNCCc1cccc(C)c1. The Balaban J connectivity index is 1.76. The van der Waals surface area contributed by atoms with Crippen LogP contribution in [-0.2, 0) is 19.5 Å². The fourth-order valence-corrected chi connectivity index (χ4v) is 2.25. The quantitative estimate of drug-likeness (QED) is 0.773. The van der Waals surface area contributed by atoms with Gasteiger partial charge in [-0.25, -0.2) is 4.98 Å². The van der Waals surface area contributed by atoms with Crippen molar-refractivity contribution in [2.24, 2.45) is 0 Å². The third kappa shape index (κ3) is 4.21. The third-order valence-corrected chi connectivity index (χ3v) is 3.24. The van der Waals surface area contributed by atoms with Crippen molar-refractivity contribution in [3.05, 3.63) is 53.6 Å². The van der Waals surface area contributed by atoms with Gasteiger partial charge in [0.25, 0.3) is 0 Å². The largest absolute Gasteiger partial charge is 0.333 e. The van der Waals surface area contributed by atoms with Crippen LogP contribution in [0.3, 0.4) is 0 Å². The molecule has 1 aromatic carbocycles. The Morgan fingerprint density at radius 3 is 3.00 bits per heavy atom. The zero-order chi connectivity index (χ0) is 13.5. The van der Waals surface area contributed by atoms with Gasteiger partial charge in [-0.15, -0.1) is 0 Å². The summed E-state index contributed by atoms with van der Waals surface area (Å²) in [5.41, 5.74) is 4.00. The van der Waals surface area contributed by atoms with Crippen molar-refractivity contribution in [1.29, 1.82) is 0 Å². The molecule has 0 saturated carbocycles. The summed E-state index contributed by atoms with van der Waals surface area (Å²) in [6, 6.07) is 8.71. The van der Waals surface area contributed by atoms with E-state index in [9.17, 15) is 0 Å². The highest BCUT2D eigenvalue weighted by Crippen LogP contribution is 2.04. The molecule has 0 aliphatic rings. The standard InChI is InChI=1S/C16H23N3/c1-3-9-19-13-18-12-16(19)11-17-8-7-15-6-4-5-14(2)10-15/h4-6,10,12-13,17H,3,7-9,11H2,1-2H3. The second-order valence-corrected chi connectivity index (χ2v) is 4.99. The Labute approximate surface area is 115 Å². The van der Waals surface area contributed by atoms with Crippen molar-refractivity contribution >= 4 is 0 Å². The molecule has 0 saturated heterocycles. The average molecular weight is 257 g/mol. The maximum atomic E-state index is 4.21. The molecule has 0 bridgehead atoms. The zero-order valence-electron chi connectivity index (χ0n) is 11.9. The maximum Gasteiger partial charge on any atom is 0.0948 e. The van der Waals surface area contributed by atoms with Crippen LogP contribution in [0, 0.1) is 6.92 Å². The van der Waals surface area contributed by atoms with Crippen LogP contribution in [0.15, 0.2) is 36.8 Å². The minimum absolute atomic E-state index is 0.895. The fourth-order valence-electron chi connectivity index (χ4n) is 2.25. The molecule has 0 amide bonds. The summed E-state index contributed by atoms with van der Waals surface area (Å²) in [5, 5.41) is 3.49. The monoisotopic (exact) mass is 257 g/mol. The number of rotatable bonds is 7.